The van der Waals surface area contributed by atoms with Crippen LogP contribution in [-0.4, -0.2) is 15.9 Å². The van der Waals surface area contributed by atoms with Gasteiger partial charge in [-0.15, -0.1) is 0 Å². The highest BCUT2D eigenvalue weighted by Crippen LogP contribution is 2.33. The lowest BCUT2D eigenvalue weighted by molar-refractivity contribution is -0.386. The van der Waals surface area contributed by atoms with Crippen LogP contribution < -0.4 is 5.32 Å². The van der Waals surface area contributed by atoms with E-state index in [0.717, 1.165) is 6.07 Å². The average molecular weight is 470 g/mol. The number of nitro groups is 1. The van der Waals surface area contributed by atoms with Crippen molar-refractivity contribution >= 4 is 57.5 Å². The zero-order valence-corrected chi connectivity index (χ0v) is 15.3. The molecule has 0 aliphatic rings. The van der Waals surface area contributed by atoms with Crippen molar-refractivity contribution in [1.29, 1.82) is 5.26 Å². The predicted molar refractivity (Wildman–Crippen MR) is 101 cm³/mol. The van der Waals surface area contributed by atoms with E-state index in [0.29, 0.717) is 10.7 Å². The number of carbonyl (C=O) groups is 1. The van der Waals surface area contributed by atoms with E-state index in [2.05, 4.69) is 5.32 Å². The third kappa shape index (κ3) is 4.68. The van der Waals surface area contributed by atoms with Crippen molar-refractivity contribution < 1.29 is 14.8 Å². The van der Waals surface area contributed by atoms with Crippen molar-refractivity contribution in [3.63, 3.8) is 0 Å². The minimum absolute atomic E-state index is 0.230. The lowest BCUT2D eigenvalue weighted by Gasteiger charge is -2.05. The molecule has 2 aromatic carbocycles. The van der Waals surface area contributed by atoms with Crippen LogP contribution in [0.15, 0.2) is 42.0 Å². The van der Waals surface area contributed by atoms with E-state index >= 15 is 0 Å². The number of nitro benzene ring substituents is 1. The Morgan fingerprint density at radius 3 is 2.56 bits per heavy atom. The fraction of sp³-hybridized carbons (Fsp3) is 0. The first-order chi connectivity index (χ1) is 11.8. The number of halogens is 2. The summed E-state index contributed by atoms with van der Waals surface area (Å²) in [7, 11) is 0. The Kier molecular flexibility index (Phi) is 5.95. The molecule has 0 aliphatic heterocycles. The van der Waals surface area contributed by atoms with Crippen molar-refractivity contribution in [2.45, 2.75) is 0 Å². The fourth-order valence-electron chi connectivity index (χ4n) is 1.87. The lowest BCUT2D eigenvalue weighted by atomic mass is 10.1. The van der Waals surface area contributed by atoms with Crippen molar-refractivity contribution in [2.75, 3.05) is 5.32 Å². The second-order valence-corrected chi connectivity index (χ2v) is 6.36. The normalized spacial score (nSPS) is 10.8. The van der Waals surface area contributed by atoms with Gasteiger partial charge in [-0.3, -0.25) is 14.9 Å². The maximum Gasteiger partial charge on any atom is 0.312 e. The molecule has 7 nitrogen and oxygen atoms in total. The standard InChI is InChI=1S/C16H9ClIN3O4/c17-11-1-3-12(4-2-11)20-16(23)10(8-19)5-9-6-13(18)15(22)14(7-9)21(24)25/h1-7,22H,(H,20,23)/b10-5-. The Hall–Kier alpha value is -2.64. The SMILES string of the molecule is N#C/C(=C/c1cc(I)c(O)c([N+](=O)[O-])c1)C(=O)Nc1ccc(Cl)cc1. The van der Waals surface area contributed by atoms with Gasteiger partial charge in [0, 0.05) is 16.8 Å². The Bertz CT molecular complexity index is 920. The van der Waals surface area contributed by atoms with Crippen molar-refractivity contribution in [2.24, 2.45) is 0 Å². The minimum Gasteiger partial charge on any atom is -0.501 e. The lowest BCUT2D eigenvalue weighted by Crippen LogP contribution is -2.13. The third-order valence-electron chi connectivity index (χ3n) is 3.04. The molecule has 9 heteroatoms. The summed E-state index contributed by atoms with van der Waals surface area (Å²) in [6.45, 7) is 0. The van der Waals surface area contributed by atoms with Gasteiger partial charge in [0.1, 0.15) is 11.6 Å². The first kappa shape index (κ1) is 18.7. The van der Waals surface area contributed by atoms with E-state index in [4.69, 9.17) is 11.6 Å². The molecule has 2 aromatic rings. The summed E-state index contributed by atoms with van der Waals surface area (Å²) in [6.07, 6.45) is 1.21. The number of hydrogen-bond donors (Lipinski definition) is 2. The van der Waals surface area contributed by atoms with Crippen LogP contribution in [0.4, 0.5) is 11.4 Å². The molecule has 0 aliphatic carbocycles. The Labute approximate surface area is 160 Å². The topological polar surface area (TPSA) is 116 Å². The molecule has 2 N–H and O–H groups in total. The molecule has 0 heterocycles. The Morgan fingerprint density at radius 1 is 1.36 bits per heavy atom. The van der Waals surface area contributed by atoms with Crippen LogP contribution in [-0.2, 0) is 4.79 Å². The van der Waals surface area contributed by atoms with E-state index in [1.807, 2.05) is 0 Å². The van der Waals surface area contributed by atoms with Crippen LogP contribution in [0.3, 0.4) is 0 Å². The number of aromatic hydroxyl groups is 1. The molecule has 0 bridgehead atoms. The summed E-state index contributed by atoms with van der Waals surface area (Å²) >= 11 is 7.49. The van der Waals surface area contributed by atoms with Crippen molar-refractivity contribution in [3.05, 3.63) is 66.2 Å². The van der Waals surface area contributed by atoms with Gasteiger partial charge in [0.2, 0.25) is 5.75 Å². The van der Waals surface area contributed by atoms with Crippen molar-refractivity contribution in [1.82, 2.24) is 0 Å². The third-order valence-corrected chi connectivity index (χ3v) is 4.11. The second-order valence-electron chi connectivity index (χ2n) is 4.76. The van der Waals surface area contributed by atoms with E-state index in [9.17, 15) is 25.3 Å². The quantitative estimate of drug-likeness (QED) is 0.230. The number of nitrogens with zero attached hydrogens (tertiary/aromatic N) is 2. The first-order valence-electron chi connectivity index (χ1n) is 6.67. The minimum atomic E-state index is -0.741. The van der Waals surface area contributed by atoms with Crippen LogP contribution >= 0.6 is 34.2 Å². The molecule has 0 saturated heterocycles. The van der Waals surface area contributed by atoms with E-state index in [1.165, 1.54) is 12.1 Å². The van der Waals surface area contributed by atoms with E-state index in [-0.39, 0.29) is 14.7 Å². The van der Waals surface area contributed by atoms with E-state index in [1.54, 1.807) is 52.9 Å². The molecule has 0 spiro atoms. The van der Waals surface area contributed by atoms with Crippen LogP contribution in [0.25, 0.3) is 6.08 Å². The number of phenolic OH excluding ortho intramolecular Hbond substituents is 1. The van der Waals surface area contributed by atoms with Gasteiger partial charge in [0.05, 0.1) is 8.49 Å². The van der Waals surface area contributed by atoms with Crippen LogP contribution in [0, 0.1) is 25.0 Å². The maximum atomic E-state index is 12.2. The summed E-state index contributed by atoms with van der Waals surface area (Å²) in [5.74, 6) is -1.14. The van der Waals surface area contributed by atoms with Gasteiger partial charge in [-0.2, -0.15) is 5.26 Å². The summed E-state index contributed by atoms with van der Waals surface area (Å²) in [4.78, 5) is 22.4. The molecule has 25 heavy (non-hydrogen) atoms. The largest absolute Gasteiger partial charge is 0.501 e. The number of amides is 1. The van der Waals surface area contributed by atoms with Crippen LogP contribution in [0.5, 0.6) is 5.75 Å². The van der Waals surface area contributed by atoms with Gasteiger partial charge in [0.15, 0.2) is 0 Å². The summed E-state index contributed by atoms with van der Waals surface area (Å²) in [5, 5.41) is 32.9. The van der Waals surface area contributed by atoms with Crippen LogP contribution in [0.2, 0.25) is 5.02 Å². The summed E-state index contributed by atoms with van der Waals surface area (Å²) < 4.78 is 0.230. The molecule has 0 fully saturated rings. The predicted octanol–water partition coefficient (Wildman–Crippen LogP) is 4.10. The molecule has 1 amide bonds. The molecule has 0 atom stereocenters. The molecular formula is C16H9ClIN3O4. The van der Waals surface area contributed by atoms with Crippen molar-refractivity contribution in [3.8, 4) is 11.8 Å². The zero-order chi connectivity index (χ0) is 18.6. The number of nitrogens with one attached hydrogen (secondary N) is 1. The number of hydrogen-bond acceptors (Lipinski definition) is 5. The molecule has 0 unspecified atom stereocenters. The number of phenols is 1. The van der Waals surface area contributed by atoms with E-state index < -0.39 is 22.3 Å². The maximum absolute atomic E-state index is 12.2. The Morgan fingerprint density at radius 2 is 2.00 bits per heavy atom. The number of nitriles is 1. The van der Waals surface area contributed by atoms with Gasteiger partial charge in [-0.25, -0.2) is 0 Å². The number of carbonyl (C=O) groups excluding carboxylic acids is 1. The highest BCUT2D eigenvalue weighted by Gasteiger charge is 2.18. The number of anilines is 1. The smallest absolute Gasteiger partial charge is 0.312 e. The molecule has 126 valence electrons. The van der Waals surface area contributed by atoms with Gasteiger partial charge in [-0.05, 0) is 64.6 Å². The molecule has 0 saturated carbocycles. The number of rotatable bonds is 4. The zero-order valence-electron chi connectivity index (χ0n) is 12.4. The molecule has 2 rings (SSSR count). The summed E-state index contributed by atoms with van der Waals surface area (Å²) in [5.41, 5.74) is -0.0576. The fourth-order valence-corrected chi connectivity index (χ4v) is 2.64. The number of benzene rings is 2. The summed E-state index contributed by atoms with van der Waals surface area (Å²) in [6, 6.07) is 10.6. The second kappa shape index (κ2) is 7.96. The molecular weight excluding hydrogens is 461 g/mol. The average Bonchev–Trinajstić information content (AvgIpc) is 2.57. The highest BCUT2D eigenvalue weighted by atomic mass is 127. The van der Waals surface area contributed by atoms with Gasteiger partial charge >= 0.3 is 5.69 Å². The highest BCUT2D eigenvalue weighted by molar-refractivity contribution is 14.1. The van der Waals surface area contributed by atoms with Gasteiger partial charge in [-0.1, -0.05) is 11.6 Å². The van der Waals surface area contributed by atoms with Crippen LogP contribution in [0.1, 0.15) is 5.56 Å². The first-order valence-corrected chi connectivity index (χ1v) is 8.13. The Balaban J connectivity index is 2.34. The monoisotopic (exact) mass is 469 g/mol. The molecule has 0 aromatic heterocycles. The van der Waals surface area contributed by atoms with Gasteiger partial charge in [0.25, 0.3) is 5.91 Å². The molecule has 0 radical (unpaired) electrons. The van der Waals surface area contributed by atoms with Gasteiger partial charge < -0.3 is 10.4 Å².